The maximum atomic E-state index is 13.0. The third-order valence-corrected chi connectivity index (χ3v) is 8.24. The standard InChI is InChI=1S/C24H26ClN3O6S2/c1-15(2)26-24(29)20-14-19(12-13-23(20)34-4)36(32,33)27-17-8-10-18(11-9-17)35(30,31)28-22-7-5-6-21(25)16(22)3/h5-15,27-28H,1-4H3,(H,26,29). The number of halogens is 1. The Labute approximate surface area is 215 Å². The van der Waals surface area contributed by atoms with Crippen molar-refractivity contribution in [3.8, 4) is 5.75 Å². The molecule has 0 spiro atoms. The van der Waals surface area contributed by atoms with E-state index in [-0.39, 0.29) is 32.8 Å². The number of hydrogen-bond acceptors (Lipinski definition) is 6. The second kappa shape index (κ2) is 10.8. The summed E-state index contributed by atoms with van der Waals surface area (Å²) < 4.78 is 61.5. The number of hydrogen-bond donors (Lipinski definition) is 3. The number of carbonyl (C=O) groups is 1. The van der Waals surface area contributed by atoms with Gasteiger partial charge in [0.25, 0.3) is 26.0 Å². The second-order valence-corrected chi connectivity index (χ2v) is 11.9. The molecule has 0 fully saturated rings. The zero-order valence-electron chi connectivity index (χ0n) is 20.0. The summed E-state index contributed by atoms with van der Waals surface area (Å²) in [6, 6.07) is 13.8. The highest BCUT2D eigenvalue weighted by atomic mass is 35.5. The Balaban J connectivity index is 1.83. The highest BCUT2D eigenvalue weighted by molar-refractivity contribution is 7.93. The Kier molecular flexibility index (Phi) is 8.17. The van der Waals surface area contributed by atoms with Crippen LogP contribution in [0.25, 0.3) is 0 Å². The van der Waals surface area contributed by atoms with E-state index in [1.165, 1.54) is 49.6 Å². The average Bonchev–Trinajstić information content (AvgIpc) is 2.81. The molecule has 0 aromatic heterocycles. The number of ether oxygens (including phenoxy) is 1. The van der Waals surface area contributed by atoms with Crippen LogP contribution in [0.3, 0.4) is 0 Å². The van der Waals surface area contributed by atoms with Gasteiger partial charge in [0.2, 0.25) is 0 Å². The molecule has 0 bridgehead atoms. The van der Waals surface area contributed by atoms with Gasteiger partial charge in [-0.3, -0.25) is 14.2 Å². The Morgan fingerprint density at radius 1 is 0.889 bits per heavy atom. The number of methoxy groups -OCH3 is 1. The highest BCUT2D eigenvalue weighted by Gasteiger charge is 2.21. The largest absolute Gasteiger partial charge is 0.496 e. The summed E-state index contributed by atoms with van der Waals surface area (Å²) in [4.78, 5) is 12.3. The van der Waals surface area contributed by atoms with Gasteiger partial charge in [0.1, 0.15) is 5.75 Å². The fourth-order valence-electron chi connectivity index (χ4n) is 3.21. The van der Waals surface area contributed by atoms with Crippen LogP contribution in [0.2, 0.25) is 5.02 Å². The molecule has 192 valence electrons. The van der Waals surface area contributed by atoms with Gasteiger partial charge in [0, 0.05) is 16.8 Å². The molecule has 0 aliphatic heterocycles. The molecular formula is C24H26ClN3O6S2. The van der Waals surface area contributed by atoms with Crippen LogP contribution in [-0.4, -0.2) is 35.9 Å². The fraction of sp³-hybridized carbons (Fsp3) is 0.208. The van der Waals surface area contributed by atoms with Gasteiger partial charge in [-0.1, -0.05) is 17.7 Å². The molecule has 3 rings (SSSR count). The van der Waals surface area contributed by atoms with E-state index in [2.05, 4.69) is 14.8 Å². The first-order chi connectivity index (χ1) is 16.8. The van der Waals surface area contributed by atoms with Crippen LogP contribution in [0.5, 0.6) is 5.75 Å². The zero-order chi connectivity index (χ0) is 26.7. The molecule has 0 radical (unpaired) electrons. The Morgan fingerprint density at radius 3 is 2.11 bits per heavy atom. The summed E-state index contributed by atoms with van der Waals surface area (Å²) in [5.74, 6) is -0.250. The Morgan fingerprint density at radius 2 is 1.50 bits per heavy atom. The van der Waals surface area contributed by atoms with Crippen LogP contribution >= 0.6 is 11.6 Å². The summed E-state index contributed by atoms with van der Waals surface area (Å²) in [6.45, 7) is 5.25. The summed E-state index contributed by atoms with van der Waals surface area (Å²) in [6.07, 6.45) is 0. The molecule has 0 atom stereocenters. The van der Waals surface area contributed by atoms with Crippen LogP contribution in [-0.2, 0) is 20.0 Å². The summed E-state index contributed by atoms with van der Waals surface area (Å²) in [5.41, 5.74) is 1.12. The van der Waals surface area contributed by atoms with Crippen molar-refractivity contribution in [2.45, 2.75) is 36.6 Å². The molecule has 0 unspecified atom stereocenters. The number of rotatable bonds is 9. The van der Waals surface area contributed by atoms with Crippen LogP contribution in [0.4, 0.5) is 11.4 Å². The molecule has 0 saturated carbocycles. The molecule has 3 aromatic rings. The lowest BCUT2D eigenvalue weighted by Gasteiger charge is -2.14. The monoisotopic (exact) mass is 551 g/mol. The van der Waals surface area contributed by atoms with Crippen LogP contribution < -0.4 is 19.5 Å². The second-order valence-electron chi connectivity index (χ2n) is 8.14. The molecule has 3 aromatic carbocycles. The first-order valence-corrected chi connectivity index (χ1v) is 14.1. The summed E-state index contributed by atoms with van der Waals surface area (Å²) in [5, 5.41) is 3.12. The number of anilines is 2. The van der Waals surface area contributed by atoms with Crippen molar-refractivity contribution in [1.82, 2.24) is 5.32 Å². The smallest absolute Gasteiger partial charge is 0.261 e. The first-order valence-electron chi connectivity index (χ1n) is 10.7. The van der Waals surface area contributed by atoms with E-state index in [1.54, 1.807) is 39.0 Å². The van der Waals surface area contributed by atoms with Crippen LogP contribution in [0, 0.1) is 6.92 Å². The first kappa shape index (κ1) is 27.3. The van der Waals surface area contributed by atoms with Crippen LogP contribution in [0.15, 0.2) is 70.5 Å². The van der Waals surface area contributed by atoms with Crippen LogP contribution in [0.1, 0.15) is 29.8 Å². The quantitative estimate of drug-likeness (QED) is 0.361. The normalized spacial score (nSPS) is 11.7. The van der Waals surface area contributed by atoms with Gasteiger partial charge >= 0.3 is 0 Å². The molecule has 0 heterocycles. The lowest BCUT2D eigenvalue weighted by Crippen LogP contribution is -2.30. The van der Waals surface area contributed by atoms with Gasteiger partial charge in [0.05, 0.1) is 28.2 Å². The van der Waals surface area contributed by atoms with E-state index >= 15 is 0 Å². The summed E-state index contributed by atoms with van der Waals surface area (Å²) in [7, 11) is -6.66. The molecule has 0 aliphatic rings. The van der Waals surface area contributed by atoms with Crippen molar-refractivity contribution in [1.29, 1.82) is 0 Å². The maximum Gasteiger partial charge on any atom is 0.261 e. The number of benzene rings is 3. The molecule has 1 amide bonds. The Hall–Kier alpha value is -3.28. The van der Waals surface area contributed by atoms with E-state index in [1.807, 2.05) is 0 Å². The fourth-order valence-corrected chi connectivity index (χ4v) is 5.59. The topological polar surface area (TPSA) is 131 Å². The third kappa shape index (κ3) is 6.28. The number of amides is 1. The zero-order valence-corrected chi connectivity index (χ0v) is 22.4. The van der Waals surface area contributed by atoms with Gasteiger partial charge in [-0.2, -0.15) is 0 Å². The minimum atomic E-state index is -4.10. The van der Waals surface area contributed by atoms with E-state index in [9.17, 15) is 21.6 Å². The van der Waals surface area contributed by atoms with Crippen molar-refractivity contribution < 1.29 is 26.4 Å². The van der Waals surface area contributed by atoms with Gasteiger partial charge in [-0.05, 0) is 80.9 Å². The Bertz CT molecular complexity index is 1490. The highest BCUT2D eigenvalue weighted by Crippen LogP contribution is 2.27. The minimum Gasteiger partial charge on any atom is -0.496 e. The van der Waals surface area contributed by atoms with E-state index in [0.717, 1.165) is 0 Å². The van der Waals surface area contributed by atoms with E-state index in [4.69, 9.17) is 16.3 Å². The molecule has 0 aliphatic carbocycles. The molecular weight excluding hydrogens is 526 g/mol. The van der Waals surface area contributed by atoms with E-state index < -0.39 is 26.0 Å². The minimum absolute atomic E-state index is 0.0675. The SMILES string of the molecule is COc1ccc(S(=O)(=O)Nc2ccc(S(=O)(=O)Nc3cccc(Cl)c3C)cc2)cc1C(=O)NC(C)C. The molecule has 3 N–H and O–H groups in total. The molecule has 9 nitrogen and oxygen atoms in total. The molecule has 36 heavy (non-hydrogen) atoms. The molecule has 0 saturated heterocycles. The van der Waals surface area contributed by atoms with Crippen molar-refractivity contribution in [3.63, 3.8) is 0 Å². The van der Waals surface area contributed by atoms with Crippen molar-refractivity contribution in [2.75, 3.05) is 16.6 Å². The van der Waals surface area contributed by atoms with Gasteiger partial charge in [-0.15, -0.1) is 0 Å². The number of sulfonamides is 2. The van der Waals surface area contributed by atoms with Crippen molar-refractivity contribution >= 4 is 48.9 Å². The van der Waals surface area contributed by atoms with Gasteiger partial charge < -0.3 is 10.1 Å². The predicted octanol–water partition coefficient (Wildman–Crippen LogP) is 4.40. The predicted molar refractivity (Wildman–Crippen MR) is 140 cm³/mol. The van der Waals surface area contributed by atoms with Gasteiger partial charge in [0.15, 0.2) is 0 Å². The lowest BCUT2D eigenvalue weighted by atomic mass is 10.2. The van der Waals surface area contributed by atoms with Crippen molar-refractivity contribution in [2.24, 2.45) is 0 Å². The van der Waals surface area contributed by atoms with Gasteiger partial charge in [-0.25, -0.2) is 16.8 Å². The van der Waals surface area contributed by atoms with E-state index in [0.29, 0.717) is 16.3 Å². The van der Waals surface area contributed by atoms with Crippen molar-refractivity contribution in [3.05, 3.63) is 76.8 Å². The average molecular weight is 552 g/mol. The molecule has 12 heteroatoms. The number of carbonyl (C=O) groups excluding carboxylic acids is 1. The maximum absolute atomic E-state index is 13.0. The lowest BCUT2D eigenvalue weighted by molar-refractivity contribution is 0.0940. The third-order valence-electron chi connectivity index (χ3n) is 5.07. The number of nitrogens with one attached hydrogen (secondary N) is 3. The summed E-state index contributed by atoms with van der Waals surface area (Å²) >= 11 is 6.06.